The Balaban J connectivity index is 1.37. The molecule has 0 heterocycles. The zero-order chi connectivity index (χ0) is 27.4. The molecule has 0 heteroatoms. The largest absolute Gasteiger partial charge is 0.0616 e. The van der Waals surface area contributed by atoms with E-state index in [0.717, 1.165) is 0 Å². The van der Waals surface area contributed by atoms with E-state index < -0.39 is 0 Å². The Kier molecular flexibility index (Phi) is 4.27. The fourth-order valence-electron chi connectivity index (χ4n) is 7.71. The van der Waals surface area contributed by atoms with Gasteiger partial charge in [0.15, 0.2) is 0 Å². The van der Waals surface area contributed by atoms with Crippen LogP contribution in [0.4, 0.5) is 0 Å². The molecule has 0 saturated carbocycles. The molecule has 0 bridgehead atoms. The molecule has 0 amide bonds. The maximum atomic E-state index is 2.35. The monoisotopic (exact) mass is 528 g/mol. The van der Waals surface area contributed by atoms with Crippen LogP contribution in [0.3, 0.4) is 0 Å². The zero-order valence-electron chi connectivity index (χ0n) is 22.9. The van der Waals surface area contributed by atoms with Gasteiger partial charge < -0.3 is 0 Å². The van der Waals surface area contributed by atoms with Crippen molar-refractivity contribution < 1.29 is 0 Å². The van der Waals surface area contributed by atoms with Crippen molar-refractivity contribution in [1.82, 2.24) is 0 Å². The van der Waals surface area contributed by atoms with Crippen LogP contribution < -0.4 is 0 Å². The van der Waals surface area contributed by atoms with Gasteiger partial charge in [-0.1, -0.05) is 146 Å². The SMILES string of the molecule is c1ccc2c(-c3ccc4ccc5cccc6ccc3c4c56)c(-c3ccc4ccc5cccc6ccc3c4c56)ccc2c1. The molecule has 0 fully saturated rings. The van der Waals surface area contributed by atoms with Gasteiger partial charge in [-0.2, -0.15) is 0 Å². The van der Waals surface area contributed by atoms with Gasteiger partial charge in [0.2, 0.25) is 0 Å². The quantitative estimate of drug-likeness (QED) is 0.196. The van der Waals surface area contributed by atoms with Gasteiger partial charge in [-0.15, -0.1) is 0 Å². The van der Waals surface area contributed by atoms with Crippen molar-refractivity contribution >= 4 is 75.4 Å². The highest BCUT2D eigenvalue weighted by atomic mass is 14.2. The van der Waals surface area contributed by atoms with E-state index >= 15 is 0 Å². The van der Waals surface area contributed by atoms with Crippen molar-refractivity contribution in [1.29, 1.82) is 0 Å². The molecule has 0 aromatic heterocycles. The van der Waals surface area contributed by atoms with Crippen LogP contribution in [-0.4, -0.2) is 0 Å². The Labute approximate surface area is 242 Å². The number of benzene rings is 10. The fraction of sp³-hybridized carbons (Fsp3) is 0. The van der Waals surface area contributed by atoms with Gasteiger partial charge in [-0.3, -0.25) is 0 Å². The van der Waals surface area contributed by atoms with Gasteiger partial charge >= 0.3 is 0 Å². The highest BCUT2D eigenvalue weighted by Crippen LogP contribution is 2.47. The van der Waals surface area contributed by atoms with Crippen LogP contribution in [0.15, 0.2) is 146 Å². The Morgan fingerprint density at radius 2 is 0.619 bits per heavy atom. The lowest BCUT2D eigenvalue weighted by molar-refractivity contribution is 1.67. The number of hydrogen-bond donors (Lipinski definition) is 0. The molecule has 42 heavy (non-hydrogen) atoms. The first-order valence-corrected chi connectivity index (χ1v) is 14.7. The standard InChI is InChI=1S/C42H24/c1-2-10-32-25(5-1)15-21-35(33-20-16-30-13-11-26-6-3-8-28-17-22-34(33)40(30)38(26)28)42(32)37-24-19-31-14-12-27-7-4-9-29-18-23-36(37)41(31)39(27)29/h1-24H. The number of fused-ring (bicyclic) bond motifs is 1. The zero-order valence-corrected chi connectivity index (χ0v) is 22.9. The summed E-state index contributed by atoms with van der Waals surface area (Å²) < 4.78 is 0. The molecule has 0 spiro atoms. The van der Waals surface area contributed by atoms with E-state index in [9.17, 15) is 0 Å². The second-order valence-electron chi connectivity index (χ2n) is 11.6. The first kappa shape index (κ1) is 22.3. The van der Waals surface area contributed by atoms with E-state index in [-0.39, 0.29) is 0 Å². The van der Waals surface area contributed by atoms with Gasteiger partial charge in [0.25, 0.3) is 0 Å². The topological polar surface area (TPSA) is 0 Å². The lowest BCUT2D eigenvalue weighted by Gasteiger charge is -2.20. The molecule has 0 aliphatic heterocycles. The smallest absolute Gasteiger partial charge is 0.00204 e. The van der Waals surface area contributed by atoms with Crippen molar-refractivity contribution in [2.75, 3.05) is 0 Å². The van der Waals surface area contributed by atoms with Crippen molar-refractivity contribution in [3.63, 3.8) is 0 Å². The van der Waals surface area contributed by atoms with Crippen LogP contribution in [0.5, 0.6) is 0 Å². The summed E-state index contributed by atoms with van der Waals surface area (Å²) in [7, 11) is 0. The van der Waals surface area contributed by atoms with Crippen molar-refractivity contribution in [3.05, 3.63) is 146 Å². The van der Waals surface area contributed by atoms with Crippen molar-refractivity contribution in [2.24, 2.45) is 0 Å². The second-order valence-corrected chi connectivity index (χ2v) is 11.6. The second kappa shape index (κ2) is 8.06. The highest BCUT2D eigenvalue weighted by Gasteiger charge is 2.19. The van der Waals surface area contributed by atoms with Crippen LogP contribution in [0, 0.1) is 0 Å². The van der Waals surface area contributed by atoms with Crippen LogP contribution >= 0.6 is 0 Å². The van der Waals surface area contributed by atoms with Gasteiger partial charge in [0.1, 0.15) is 0 Å². The molecular weight excluding hydrogens is 504 g/mol. The highest BCUT2D eigenvalue weighted by molar-refractivity contribution is 6.29. The summed E-state index contributed by atoms with van der Waals surface area (Å²) >= 11 is 0. The predicted molar refractivity (Wildman–Crippen MR) is 182 cm³/mol. The number of hydrogen-bond acceptors (Lipinski definition) is 0. The van der Waals surface area contributed by atoms with Gasteiger partial charge in [0.05, 0.1) is 0 Å². The molecule has 0 unspecified atom stereocenters. The van der Waals surface area contributed by atoms with Gasteiger partial charge in [0, 0.05) is 0 Å². The minimum absolute atomic E-state index is 1.26. The van der Waals surface area contributed by atoms with E-state index in [2.05, 4.69) is 146 Å². The molecular formula is C42H24. The molecule has 0 saturated heterocycles. The summed E-state index contributed by atoms with van der Waals surface area (Å²) in [5.74, 6) is 0. The molecule has 10 aromatic carbocycles. The van der Waals surface area contributed by atoms with E-state index in [0.29, 0.717) is 0 Å². The Morgan fingerprint density at radius 3 is 1.24 bits per heavy atom. The maximum absolute atomic E-state index is 2.35. The first-order valence-electron chi connectivity index (χ1n) is 14.7. The van der Waals surface area contributed by atoms with Crippen molar-refractivity contribution in [2.45, 2.75) is 0 Å². The molecule has 0 radical (unpaired) electrons. The molecule has 10 aromatic rings. The summed E-state index contributed by atoms with van der Waals surface area (Å²) in [6.45, 7) is 0. The Morgan fingerprint density at radius 1 is 0.214 bits per heavy atom. The van der Waals surface area contributed by atoms with E-state index in [1.54, 1.807) is 0 Å². The van der Waals surface area contributed by atoms with Gasteiger partial charge in [-0.05, 0) is 97.7 Å². The molecule has 10 rings (SSSR count). The third-order valence-corrected chi connectivity index (χ3v) is 9.55. The van der Waals surface area contributed by atoms with Crippen molar-refractivity contribution in [3.8, 4) is 22.3 Å². The summed E-state index contributed by atoms with van der Waals surface area (Å²) in [5.41, 5.74) is 5.16. The molecule has 0 nitrogen and oxygen atoms in total. The lowest BCUT2D eigenvalue weighted by Crippen LogP contribution is -1.93. The van der Waals surface area contributed by atoms with Crippen LogP contribution in [0.1, 0.15) is 0 Å². The summed E-state index contributed by atoms with van der Waals surface area (Å²) in [6.07, 6.45) is 0. The average molecular weight is 529 g/mol. The predicted octanol–water partition coefficient (Wildman–Crippen LogP) is 12.0. The minimum atomic E-state index is 1.26. The Bertz CT molecular complexity index is 2640. The summed E-state index contributed by atoms with van der Waals surface area (Å²) in [6, 6.07) is 54.4. The fourth-order valence-corrected chi connectivity index (χ4v) is 7.71. The normalized spacial score (nSPS) is 12.3. The lowest BCUT2D eigenvalue weighted by atomic mass is 9.83. The summed E-state index contributed by atoms with van der Waals surface area (Å²) in [4.78, 5) is 0. The van der Waals surface area contributed by atoms with Crippen LogP contribution in [0.25, 0.3) is 97.7 Å². The molecule has 0 N–H and O–H groups in total. The van der Waals surface area contributed by atoms with Crippen LogP contribution in [0.2, 0.25) is 0 Å². The van der Waals surface area contributed by atoms with E-state index in [1.165, 1.54) is 97.7 Å². The van der Waals surface area contributed by atoms with E-state index in [4.69, 9.17) is 0 Å². The van der Waals surface area contributed by atoms with Gasteiger partial charge in [-0.25, -0.2) is 0 Å². The first-order chi connectivity index (χ1) is 20.8. The number of rotatable bonds is 2. The third-order valence-electron chi connectivity index (χ3n) is 9.55. The van der Waals surface area contributed by atoms with Crippen LogP contribution in [-0.2, 0) is 0 Å². The molecule has 0 atom stereocenters. The molecule has 0 aliphatic rings. The maximum Gasteiger partial charge on any atom is -0.00204 e. The molecule has 0 aliphatic carbocycles. The molecule has 192 valence electrons. The summed E-state index contributed by atoms with van der Waals surface area (Å²) in [5, 5.41) is 18.4. The average Bonchev–Trinajstić information content (AvgIpc) is 3.05. The Hall–Kier alpha value is -5.46. The minimum Gasteiger partial charge on any atom is -0.0616 e. The third kappa shape index (κ3) is 2.86. The van der Waals surface area contributed by atoms with E-state index in [1.807, 2.05) is 0 Å².